The van der Waals surface area contributed by atoms with Crippen molar-refractivity contribution in [2.45, 2.75) is 36.4 Å². The van der Waals surface area contributed by atoms with E-state index in [1.165, 1.54) is 6.20 Å². The fraction of sp³-hybridized carbons (Fsp3) is 0.462. The number of ether oxygens (including phenoxy) is 1. The molecule has 8 heteroatoms. The van der Waals surface area contributed by atoms with Crippen molar-refractivity contribution in [2.24, 2.45) is 5.73 Å². The van der Waals surface area contributed by atoms with Gasteiger partial charge in [-0.05, 0) is 25.5 Å². The summed E-state index contributed by atoms with van der Waals surface area (Å²) in [6.45, 7) is 2.41. The second-order valence-corrected chi connectivity index (χ2v) is 6.78. The zero-order valence-corrected chi connectivity index (χ0v) is 12.4. The Morgan fingerprint density at radius 1 is 1.57 bits per heavy atom. The smallest absolute Gasteiger partial charge is 0.243 e. The van der Waals surface area contributed by atoms with Crippen LogP contribution in [0.15, 0.2) is 29.4 Å². The number of H-pyrrole nitrogens is 1. The fourth-order valence-electron chi connectivity index (χ4n) is 2.59. The highest BCUT2D eigenvalue weighted by Gasteiger charge is 2.42. The molecule has 0 bridgehead atoms. The standard InChI is InChI=1S/C13H18N4O3S/c1-2-20-10-6-9(14)12(10)17-21(18,19)11-7-16-13-8(11)4-3-5-15-13/h3-5,7,9-10,12,17H,2,6,14H2,1H3,(H,15,16). The molecule has 1 aliphatic rings. The molecule has 0 saturated heterocycles. The SMILES string of the molecule is CCOC1CC(N)C1NS(=O)(=O)c1c[nH]c2ncccc12. The Morgan fingerprint density at radius 3 is 3.10 bits per heavy atom. The first-order chi connectivity index (χ1) is 10.0. The monoisotopic (exact) mass is 310 g/mol. The van der Waals surface area contributed by atoms with Crippen molar-refractivity contribution in [1.82, 2.24) is 14.7 Å². The lowest BCUT2D eigenvalue weighted by molar-refractivity contribution is -0.0248. The van der Waals surface area contributed by atoms with Gasteiger partial charge in [0.05, 0.1) is 12.1 Å². The number of nitrogens with two attached hydrogens (primary N) is 1. The third kappa shape index (κ3) is 2.55. The van der Waals surface area contributed by atoms with Crippen LogP contribution < -0.4 is 10.5 Å². The van der Waals surface area contributed by atoms with Crippen LogP contribution in [0.1, 0.15) is 13.3 Å². The number of rotatable bonds is 5. The van der Waals surface area contributed by atoms with Crippen molar-refractivity contribution in [3.63, 3.8) is 0 Å². The highest BCUT2D eigenvalue weighted by atomic mass is 32.2. The molecule has 3 rings (SSSR count). The summed E-state index contributed by atoms with van der Waals surface area (Å²) < 4.78 is 33.2. The van der Waals surface area contributed by atoms with Crippen LogP contribution in [0.2, 0.25) is 0 Å². The summed E-state index contributed by atoms with van der Waals surface area (Å²) in [6, 6.07) is 2.80. The van der Waals surface area contributed by atoms with Crippen molar-refractivity contribution >= 4 is 21.1 Å². The Kier molecular flexibility index (Phi) is 3.70. The minimum absolute atomic E-state index is 0.164. The lowest BCUT2D eigenvalue weighted by Gasteiger charge is -2.42. The summed E-state index contributed by atoms with van der Waals surface area (Å²) in [6.07, 6.45) is 3.55. The maximum atomic E-state index is 12.5. The van der Waals surface area contributed by atoms with Gasteiger partial charge in [-0.25, -0.2) is 18.1 Å². The summed E-state index contributed by atoms with van der Waals surface area (Å²) in [4.78, 5) is 7.13. The first-order valence-corrected chi connectivity index (χ1v) is 8.33. The molecule has 2 aromatic heterocycles. The number of sulfonamides is 1. The molecule has 0 aromatic carbocycles. The molecule has 0 spiro atoms. The van der Waals surface area contributed by atoms with E-state index < -0.39 is 16.1 Å². The van der Waals surface area contributed by atoms with Crippen LogP contribution in [0.3, 0.4) is 0 Å². The quantitative estimate of drug-likeness (QED) is 0.738. The zero-order valence-electron chi connectivity index (χ0n) is 11.6. The predicted octanol–water partition coefficient (Wildman–Crippen LogP) is 0.346. The van der Waals surface area contributed by atoms with E-state index in [0.29, 0.717) is 24.1 Å². The molecule has 3 unspecified atom stereocenters. The second-order valence-electron chi connectivity index (χ2n) is 5.09. The minimum atomic E-state index is -3.67. The van der Waals surface area contributed by atoms with Gasteiger partial charge >= 0.3 is 0 Å². The average Bonchev–Trinajstić information content (AvgIpc) is 2.90. The molecular weight excluding hydrogens is 292 g/mol. The number of nitrogens with one attached hydrogen (secondary N) is 2. The van der Waals surface area contributed by atoms with E-state index in [-0.39, 0.29) is 17.0 Å². The highest BCUT2D eigenvalue weighted by Crippen LogP contribution is 2.26. The Balaban J connectivity index is 1.87. The van der Waals surface area contributed by atoms with Gasteiger partial charge in [-0.1, -0.05) is 0 Å². The summed E-state index contributed by atoms with van der Waals surface area (Å²) in [7, 11) is -3.67. The van der Waals surface area contributed by atoms with E-state index in [2.05, 4.69) is 14.7 Å². The third-order valence-electron chi connectivity index (χ3n) is 3.74. The number of hydrogen-bond donors (Lipinski definition) is 3. The highest BCUT2D eigenvalue weighted by molar-refractivity contribution is 7.89. The van der Waals surface area contributed by atoms with E-state index in [1.54, 1.807) is 18.3 Å². The molecule has 1 saturated carbocycles. The topological polar surface area (TPSA) is 110 Å². The largest absolute Gasteiger partial charge is 0.377 e. The van der Waals surface area contributed by atoms with Gasteiger partial charge in [0.25, 0.3) is 0 Å². The number of aromatic amines is 1. The van der Waals surface area contributed by atoms with Crippen LogP contribution in [0.5, 0.6) is 0 Å². The van der Waals surface area contributed by atoms with Gasteiger partial charge in [0.15, 0.2) is 0 Å². The van der Waals surface area contributed by atoms with Crippen LogP contribution in [-0.4, -0.2) is 43.2 Å². The molecule has 0 amide bonds. The van der Waals surface area contributed by atoms with Crippen LogP contribution >= 0.6 is 0 Å². The van der Waals surface area contributed by atoms with Crippen molar-refractivity contribution < 1.29 is 13.2 Å². The van der Waals surface area contributed by atoms with Crippen molar-refractivity contribution in [3.05, 3.63) is 24.5 Å². The Labute approximate surface area is 122 Å². The Morgan fingerprint density at radius 2 is 2.38 bits per heavy atom. The third-order valence-corrected chi connectivity index (χ3v) is 5.24. The normalized spacial score (nSPS) is 25.9. The summed E-state index contributed by atoms with van der Waals surface area (Å²) in [5, 5.41) is 0.561. The van der Waals surface area contributed by atoms with E-state index in [0.717, 1.165) is 0 Å². The van der Waals surface area contributed by atoms with E-state index in [4.69, 9.17) is 10.5 Å². The molecule has 4 N–H and O–H groups in total. The van der Waals surface area contributed by atoms with Crippen molar-refractivity contribution in [2.75, 3.05) is 6.61 Å². The molecule has 7 nitrogen and oxygen atoms in total. The van der Waals surface area contributed by atoms with Crippen LogP contribution in [0.4, 0.5) is 0 Å². The van der Waals surface area contributed by atoms with Crippen molar-refractivity contribution in [1.29, 1.82) is 0 Å². The van der Waals surface area contributed by atoms with Crippen LogP contribution in [0.25, 0.3) is 11.0 Å². The minimum Gasteiger partial charge on any atom is -0.377 e. The van der Waals surface area contributed by atoms with Crippen molar-refractivity contribution in [3.8, 4) is 0 Å². The van der Waals surface area contributed by atoms with Gasteiger partial charge in [-0.2, -0.15) is 0 Å². The van der Waals surface area contributed by atoms with Crippen LogP contribution in [0, 0.1) is 0 Å². The molecule has 114 valence electrons. The van der Waals surface area contributed by atoms with Gasteiger partial charge < -0.3 is 15.5 Å². The van der Waals surface area contributed by atoms with E-state index in [9.17, 15) is 8.42 Å². The number of pyridine rings is 1. The van der Waals surface area contributed by atoms with Gasteiger partial charge in [0.1, 0.15) is 10.5 Å². The van der Waals surface area contributed by atoms with Gasteiger partial charge in [-0.3, -0.25) is 0 Å². The van der Waals surface area contributed by atoms with Crippen LogP contribution in [-0.2, 0) is 14.8 Å². The average molecular weight is 310 g/mol. The van der Waals surface area contributed by atoms with Gasteiger partial charge in [0.2, 0.25) is 10.0 Å². The lowest BCUT2D eigenvalue weighted by atomic mass is 9.84. The Hall–Kier alpha value is -1.48. The number of nitrogens with zero attached hydrogens (tertiary/aromatic N) is 1. The number of hydrogen-bond acceptors (Lipinski definition) is 5. The molecule has 0 aliphatic heterocycles. The van der Waals surface area contributed by atoms with E-state index in [1.807, 2.05) is 6.92 Å². The predicted molar refractivity (Wildman–Crippen MR) is 78.2 cm³/mol. The molecule has 2 heterocycles. The zero-order chi connectivity index (χ0) is 15.0. The summed E-state index contributed by atoms with van der Waals surface area (Å²) in [5.74, 6) is 0. The maximum absolute atomic E-state index is 12.5. The summed E-state index contributed by atoms with van der Waals surface area (Å²) >= 11 is 0. The molecule has 1 aliphatic carbocycles. The maximum Gasteiger partial charge on any atom is 0.243 e. The molecule has 2 aromatic rings. The first-order valence-electron chi connectivity index (χ1n) is 6.84. The van der Waals surface area contributed by atoms with Gasteiger partial charge in [-0.15, -0.1) is 0 Å². The molecule has 3 atom stereocenters. The second kappa shape index (κ2) is 5.38. The number of fused-ring (bicyclic) bond motifs is 1. The molecule has 0 radical (unpaired) electrons. The molecular formula is C13H18N4O3S. The Bertz CT molecular complexity index is 741. The van der Waals surface area contributed by atoms with Gasteiger partial charge in [0, 0.05) is 30.4 Å². The molecule has 21 heavy (non-hydrogen) atoms. The summed E-state index contributed by atoms with van der Waals surface area (Å²) in [5.41, 5.74) is 6.43. The van der Waals surface area contributed by atoms with E-state index >= 15 is 0 Å². The molecule has 1 fully saturated rings. The lowest BCUT2D eigenvalue weighted by Crippen LogP contribution is -2.64. The number of aromatic nitrogens is 2. The first kappa shape index (κ1) is 14.5. The fourth-order valence-corrected chi connectivity index (χ4v) is 4.07.